The number of nitrogens with zero attached hydrogens (tertiary/aromatic N) is 1. The quantitative estimate of drug-likeness (QED) is 0.616. The molecular formula is C17H19N3O4S. The summed E-state index contributed by atoms with van der Waals surface area (Å²) in [5, 5.41) is -0.439. The lowest BCUT2D eigenvalue weighted by Gasteiger charge is -2.01. The zero-order chi connectivity index (χ0) is 18.4. The maximum atomic E-state index is 11.1. The molecule has 3 aromatic rings. The van der Waals surface area contributed by atoms with Crippen molar-refractivity contribution in [2.24, 2.45) is 5.73 Å². The minimum Gasteiger partial charge on any atom is -0.370 e. The van der Waals surface area contributed by atoms with Gasteiger partial charge in [-0.2, -0.15) is 8.42 Å². The topological polar surface area (TPSA) is 126 Å². The molecule has 4 N–H and O–H groups in total. The highest BCUT2D eigenvalue weighted by atomic mass is 32.2. The normalized spacial score (nSPS) is 11.0. The smallest absolute Gasteiger partial charge is 0.328 e. The van der Waals surface area contributed by atoms with Gasteiger partial charge in [-0.15, -0.1) is 0 Å². The molecular weight excluding hydrogens is 342 g/mol. The van der Waals surface area contributed by atoms with Gasteiger partial charge in [-0.3, -0.25) is 9.35 Å². The average molecular weight is 361 g/mol. The zero-order valence-corrected chi connectivity index (χ0v) is 14.5. The number of nitrogens with one attached hydrogen (secondary N) is 1. The molecule has 2 aromatic carbocycles. The third-order valence-electron chi connectivity index (χ3n) is 3.32. The Morgan fingerprint density at radius 1 is 1.16 bits per heavy atom. The van der Waals surface area contributed by atoms with Crippen molar-refractivity contribution in [1.82, 2.24) is 9.97 Å². The lowest BCUT2D eigenvalue weighted by atomic mass is 10.0. The van der Waals surface area contributed by atoms with Crippen molar-refractivity contribution in [3.8, 4) is 11.1 Å². The molecule has 1 aromatic heterocycles. The van der Waals surface area contributed by atoms with Gasteiger partial charge in [0.1, 0.15) is 0 Å². The van der Waals surface area contributed by atoms with Crippen LogP contribution >= 0.6 is 0 Å². The molecule has 7 nitrogen and oxygen atoms in total. The van der Waals surface area contributed by atoms with Gasteiger partial charge in [0.25, 0.3) is 5.16 Å². The fourth-order valence-corrected chi connectivity index (χ4v) is 2.68. The lowest BCUT2D eigenvalue weighted by Crippen LogP contribution is -2.08. The predicted molar refractivity (Wildman–Crippen MR) is 95.4 cm³/mol. The molecule has 0 saturated heterocycles. The SMILES string of the molecule is CCCC(N)=O.O=S(=O)(O)c1nc2cccc(-c3ccccc3)c2[nH]1. The largest absolute Gasteiger partial charge is 0.370 e. The molecule has 0 radical (unpaired) electrons. The number of hydrogen-bond donors (Lipinski definition) is 3. The van der Waals surface area contributed by atoms with Crippen LogP contribution in [0.3, 0.4) is 0 Å². The number of aromatic amines is 1. The van der Waals surface area contributed by atoms with Crippen LogP contribution in [0.15, 0.2) is 53.7 Å². The maximum absolute atomic E-state index is 11.1. The number of para-hydroxylation sites is 1. The lowest BCUT2D eigenvalue weighted by molar-refractivity contribution is -0.118. The molecule has 0 bridgehead atoms. The molecule has 0 aliphatic carbocycles. The van der Waals surface area contributed by atoms with Crippen LogP contribution in [0.25, 0.3) is 22.2 Å². The molecule has 8 heteroatoms. The summed E-state index contributed by atoms with van der Waals surface area (Å²) in [6.45, 7) is 1.92. The van der Waals surface area contributed by atoms with Crippen LogP contribution in [0.4, 0.5) is 0 Å². The second-order valence-electron chi connectivity index (χ2n) is 5.30. The molecule has 1 amide bonds. The van der Waals surface area contributed by atoms with E-state index >= 15 is 0 Å². The first kappa shape index (κ1) is 18.6. The van der Waals surface area contributed by atoms with Gasteiger partial charge in [0.15, 0.2) is 0 Å². The highest BCUT2D eigenvalue weighted by Crippen LogP contribution is 2.27. The Bertz CT molecular complexity index is 966. The van der Waals surface area contributed by atoms with E-state index in [1.54, 1.807) is 12.1 Å². The van der Waals surface area contributed by atoms with Gasteiger partial charge >= 0.3 is 10.1 Å². The summed E-state index contributed by atoms with van der Waals surface area (Å²) in [5.41, 5.74) is 7.62. The minimum atomic E-state index is -4.33. The number of hydrogen-bond acceptors (Lipinski definition) is 4. The van der Waals surface area contributed by atoms with Crippen LogP contribution in [0.1, 0.15) is 19.8 Å². The summed E-state index contributed by atoms with van der Waals surface area (Å²) < 4.78 is 31.3. The second-order valence-corrected chi connectivity index (χ2v) is 6.64. The Morgan fingerprint density at radius 2 is 1.84 bits per heavy atom. The molecule has 0 aliphatic rings. The molecule has 0 atom stereocenters. The average Bonchev–Trinajstić information content (AvgIpc) is 3.00. The van der Waals surface area contributed by atoms with Gasteiger partial charge in [0.05, 0.1) is 11.0 Å². The summed E-state index contributed by atoms with van der Waals surface area (Å²) >= 11 is 0. The Kier molecular flexibility index (Phi) is 5.89. The van der Waals surface area contributed by atoms with E-state index in [9.17, 15) is 13.2 Å². The van der Waals surface area contributed by atoms with Crippen LogP contribution in [-0.4, -0.2) is 28.8 Å². The number of nitrogens with two attached hydrogens (primary N) is 1. The number of primary amides is 1. The predicted octanol–water partition coefficient (Wildman–Crippen LogP) is 2.75. The van der Waals surface area contributed by atoms with Gasteiger partial charge in [0, 0.05) is 12.0 Å². The van der Waals surface area contributed by atoms with E-state index in [2.05, 4.69) is 9.97 Å². The number of benzene rings is 2. The Hall–Kier alpha value is -2.71. The zero-order valence-electron chi connectivity index (χ0n) is 13.6. The van der Waals surface area contributed by atoms with E-state index in [4.69, 9.17) is 10.3 Å². The number of H-pyrrole nitrogens is 1. The van der Waals surface area contributed by atoms with Gasteiger partial charge in [-0.25, -0.2) is 4.98 Å². The molecule has 132 valence electrons. The van der Waals surface area contributed by atoms with Crippen LogP contribution < -0.4 is 5.73 Å². The third kappa shape index (κ3) is 4.88. The summed E-state index contributed by atoms with van der Waals surface area (Å²) in [7, 11) is -4.33. The Balaban J connectivity index is 0.000000326. The summed E-state index contributed by atoms with van der Waals surface area (Å²) in [5.74, 6) is -0.211. The fourth-order valence-electron chi connectivity index (χ4n) is 2.24. The first-order chi connectivity index (χ1) is 11.8. The molecule has 0 aliphatic heterocycles. The van der Waals surface area contributed by atoms with Crippen molar-refractivity contribution in [2.45, 2.75) is 24.9 Å². The number of carbonyl (C=O) groups excluding carboxylic acids is 1. The van der Waals surface area contributed by atoms with Gasteiger partial charge < -0.3 is 10.7 Å². The van der Waals surface area contributed by atoms with E-state index in [-0.39, 0.29) is 5.91 Å². The molecule has 3 rings (SSSR count). The van der Waals surface area contributed by atoms with Crippen molar-refractivity contribution in [2.75, 3.05) is 0 Å². The number of carbonyl (C=O) groups is 1. The van der Waals surface area contributed by atoms with Gasteiger partial charge in [0.2, 0.25) is 5.91 Å². The third-order valence-corrected chi connectivity index (χ3v) is 4.00. The van der Waals surface area contributed by atoms with E-state index in [1.807, 2.05) is 43.3 Å². The summed E-state index contributed by atoms with van der Waals surface area (Å²) in [6, 6.07) is 14.9. The molecule has 0 unspecified atom stereocenters. The van der Waals surface area contributed by atoms with Gasteiger partial charge in [-0.1, -0.05) is 49.4 Å². The van der Waals surface area contributed by atoms with E-state index in [0.29, 0.717) is 17.5 Å². The molecule has 0 spiro atoms. The Labute approximate surface area is 145 Å². The highest BCUT2D eigenvalue weighted by molar-refractivity contribution is 7.85. The van der Waals surface area contributed by atoms with Crippen molar-refractivity contribution < 1.29 is 17.8 Å². The maximum Gasteiger partial charge on any atom is 0.328 e. The van der Waals surface area contributed by atoms with E-state index < -0.39 is 15.3 Å². The minimum absolute atomic E-state index is 0.211. The highest BCUT2D eigenvalue weighted by Gasteiger charge is 2.16. The first-order valence-corrected chi connectivity index (χ1v) is 9.07. The number of rotatable bonds is 4. The Morgan fingerprint density at radius 3 is 2.36 bits per heavy atom. The van der Waals surface area contributed by atoms with Crippen LogP contribution in [0.5, 0.6) is 0 Å². The summed E-state index contributed by atoms with van der Waals surface area (Å²) in [4.78, 5) is 16.4. The van der Waals surface area contributed by atoms with Crippen LogP contribution in [0, 0.1) is 0 Å². The molecule has 1 heterocycles. The molecule has 0 fully saturated rings. The monoisotopic (exact) mass is 361 g/mol. The van der Waals surface area contributed by atoms with Crippen molar-refractivity contribution in [3.05, 3.63) is 48.5 Å². The molecule has 0 saturated carbocycles. The number of imidazole rings is 1. The number of amides is 1. The standard InChI is InChI=1S/C13H10N2O3S.C4H9NO/c16-19(17,18)13-14-11-8-4-7-10(12(11)15-13)9-5-2-1-3-6-9;1-2-3-4(5)6/h1-8H,(H,14,15)(H,16,17,18);2-3H2,1H3,(H2,5,6). The van der Waals surface area contributed by atoms with Crippen molar-refractivity contribution >= 4 is 27.1 Å². The van der Waals surface area contributed by atoms with Crippen LogP contribution in [0.2, 0.25) is 0 Å². The van der Waals surface area contributed by atoms with Crippen LogP contribution in [-0.2, 0) is 14.9 Å². The van der Waals surface area contributed by atoms with Crippen molar-refractivity contribution in [1.29, 1.82) is 0 Å². The van der Waals surface area contributed by atoms with E-state index in [1.165, 1.54) is 0 Å². The second kappa shape index (κ2) is 7.91. The fraction of sp³-hybridized carbons (Fsp3) is 0.176. The summed E-state index contributed by atoms with van der Waals surface area (Å²) in [6.07, 6.45) is 1.37. The first-order valence-electron chi connectivity index (χ1n) is 7.63. The molecule has 25 heavy (non-hydrogen) atoms. The van der Waals surface area contributed by atoms with Crippen molar-refractivity contribution in [3.63, 3.8) is 0 Å². The van der Waals surface area contributed by atoms with E-state index in [0.717, 1.165) is 17.5 Å². The van der Waals surface area contributed by atoms with Gasteiger partial charge in [-0.05, 0) is 18.1 Å². The number of aromatic nitrogens is 2. The number of fused-ring (bicyclic) bond motifs is 1.